The molecule has 0 spiro atoms. The lowest BCUT2D eigenvalue weighted by Crippen LogP contribution is -2.42. The number of sulfonamides is 1. The highest BCUT2D eigenvalue weighted by Gasteiger charge is 2.32. The van der Waals surface area contributed by atoms with Crippen LogP contribution in [-0.2, 0) is 14.8 Å². The first kappa shape index (κ1) is 16.0. The largest absolute Gasteiger partial charge is 0.480 e. The minimum absolute atomic E-state index is 0.105. The highest BCUT2D eigenvalue weighted by molar-refractivity contribution is 7.98. The van der Waals surface area contributed by atoms with Gasteiger partial charge < -0.3 is 5.11 Å². The quantitative estimate of drug-likeness (QED) is 0.826. The first-order valence-corrected chi connectivity index (χ1v) is 8.49. The topological polar surface area (TPSA) is 74.7 Å². The van der Waals surface area contributed by atoms with Gasteiger partial charge in [0.05, 0.1) is 4.90 Å². The summed E-state index contributed by atoms with van der Waals surface area (Å²) in [5.41, 5.74) is 0. The van der Waals surface area contributed by atoms with Crippen LogP contribution in [0, 0.1) is 0 Å². The summed E-state index contributed by atoms with van der Waals surface area (Å²) >= 11 is 1.49. The number of hydrogen-bond donors (Lipinski definition) is 1. The molecule has 0 heterocycles. The fourth-order valence-corrected chi connectivity index (χ4v) is 3.44. The second kappa shape index (κ2) is 6.93. The molecule has 1 rings (SSSR count). The molecule has 0 saturated carbocycles. The maximum atomic E-state index is 12.3. The Balaban J connectivity index is 3.02. The van der Waals surface area contributed by atoms with Crippen LogP contribution < -0.4 is 0 Å². The molecular formula is C12H17NO4S2. The molecule has 0 aliphatic rings. The molecule has 19 heavy (non-hydrogen) atoms. The second-order valence-electron chi connectivity index (χ2n) is 3.97. The second-order valence-corrected chi connectivity index (χ2v) is 6.95. The minimum atomic E-state index is -3.77. The summed E-state index contributed by atoms with van der Waals surface area (Å²) in [5, 5.41) is 9.17. The van der Waals surface area contributed by atoms with Gasteiger partial charge in [0.2, 0.25) is 10.0 Å². The summed E-state index contributed by atoms with van der Waals surface area (Å²) in [6.45, 7) is 0. The predicted molar refractivity (Wildman–Crippen MR) is 75.8 cm³/mol. The number of rotatable bonds is 7. The number of aliphatic carboxylic acids is 1. The monoisotopic (exact) mass is 303 g/mol. The molecule has 1 aromatic carbocycles. The van der Waals surface area contributed by atoms with Crippen LogP contribution in [0.3, 0.4) is 0 Å². The van der Waals surface area contributed by atoms with Gasteiger partial charge in [-0.15, -0.1) is 0 Å². The van der Waals surface area contributed by atoms with E-state index in [0.717, 1.165) is 4.31 Å². The lowest BCUT2D eigenvalue weighted by molar-refractivity contribution is -0.141. The van der Waals surface area contributed by atoms with Crippen LogP contribution >= 0.6 is 11.8 Å². The number of likely N-dealkylation sites (N-methyl/N-ethyl adjacent to an activating group) is 1. The predicted octanol–water partition coefficient (Wildman–Crippen LogP) is 1.51. The molecule has 106 valence electrons. The van der Waals surface area contributed by atoms with Crippen molar-refractivity contribution in [3.8, 4) is 0 Å². The Morgan fingerprint density at radius 2 is 1.95 bits per heavy atom. The van der Waals surface area contributed by atoms with Gasteiger partial charge in [0.15, 0.2) is 0 Å². The van der Waals surface area contributed by atoms with Gasteiger partial charge in [0.25, 0.3) is 0 Å². The normalized spacial score (nSPS) is 13.4. The van der Waals surface area contributed by atoms with E-state index in [1.54, 1.807) is 18.2 Å². The van der Waals surface area contributed by atoms with E-state index in [1.165, 1.54) is 30.9 Å². The maximum Gasteiger partial charge on any atom is 0.322 e. The van der Waals surface area contributed by atoms with Crippen molar-refractivity contribution in [3.63, 3.8) is 0 Å². The smallest absolute Gasteiger partial charge is 0.322 e. The molecule has 1 N–H and O–H groups in total. The van der Waals surface area contributed by atoms with Crippen LogP contribution in [0.4, 0.5) is 0 Å². The Bertz CT molecular complexity index is 516. The van der Waals surface area contributed by atoms with Crippen molar-refractivity contribution in [1.29, 1.82) is 0 Å². The highest BCUT2D eigenvalue weighted by atomic mass is 32.2. The molecule has 0 radical (unpaired) electrons. The Morgan fingerprint density at radius 1 is 1.37 bits per heavy atom. The summed E-state index contributed by atoms with van der Waals surface area (Å²) in [6, 6.07) is 6.80. The minimum Gasteiger partial charge on any atom is -0.480 e. The fraction of sp³-hybridized carbons (Fsp3) is 0.417. The van der Waals surface area contributed by atoms with Gasteiger partial charge in [-0.25, -0.2) is 8.42 Å². The molecule has 0 aromatic heterocycles. The van der Waals surface area contributed by atoms with Crippen molar-refractivity contribution >= 4 is 27.8 Å². The van der Waals surface area contributed by atoms with E-state index in [2.05, 4.69) is 0 Å². The number of hydrogen-bond acceptors (Lipinski definition) is 4. The summed E-state index contributed by atoms with van der Waals surface area (Å²) in [6.07, 6.45) is 2.13. The van der Waals surface area contributed by atoms with Crippen LogP contribution in [-0.4, -0.2) is 48.9 Å². The van der Waals surface area contributed by atoms with Crippen molar-refractivity contribution in [3.05, 3.63) is 30.3 Å². The number of nitrogens with zero attached hydrogens (tertiary/aromatic N) is 1. The molecule has 0 aliphatic carbocycles. The van der Waals surface area contributed by atoms with Crippen molar-refractivity contribution < 1.29 is 18.3 Å². The first-order chi connectivity index (χ1) is 8.91. The first-order valence-electron chi connectivity index (χ1n) is 5.66. The summed E-state index contributed by atoms with van der Waals surface area (Å²) in [4.78, 5) is 11.3. The van der Waals surface area contributed by atoms with Crippen LogP contribution in [0.1, 0.15) is 6.42 Å². The number of thioether (sulfide) groups is 1. The number of carboxylic acid groups (broad SMARTS) is 1. The summed E-state index contributed by atoms with van der Waals surface area (Å²) in [7, 11) is -2.46. The fourth-order valence-electron chi connectivity index (χ4n) is 1.62. The van der Waals surface area contributed by atoms with E-state index >= 15 is 0 Å². The molecular weight excluding hydrogens is 286 g/mol. The van der Waals surface area contributed by atoms with Crippen LogP contribution in [0.15, 0.2) is 35.2 Å². The van der Waals surface area contributed by atoms with E-state index < -0.39 is 22.0 Å². The Labute approximate surface area is 117 Å². The molecule has 1 atom stereocenters. The van der Waals surface area contributed by atoms with E-state index in [-0.39, 0.29) is 11.3 Å². The zero-order chi connectivity index (χ0) is 14.5. The van der Waals surface area contributed by atoms with Gasteiger partial charge >= 0.3 is 5.97 Å². The van der Waals surface area contributed by atoms with Crippen molar-refractivity contribution in [2.45, 2.75) is 17.4 Å². The van der Waals surface area contributed by atoms with Gasteiger partial charge in [-0.05, 0) is 30.6 Å². The average molecular weight is 303 g/mol. The average Bonchev–Trinajstić information content (AvgIpc) is 2.39. The molecule has 5 nitrogen and oxygen atoms in total. The SMILES string of the molecule is CSCCC(C(=O)O)N(C)S(=O)(=O)c1ccccc1. The maximum absolute atomic E-state index is 12.3. The van der Waals surface area contributed by atoms with Crippen molar-refractivity contribution in [2.24, 2.45) is 0 Å². The molecule has 0 amide bonds. The van der Waals surface area contributed by atoms with Gasteiger partial charge in [-0.2, -0.15) is 16.1 Å². The Kier molecular flexibility index (Phi) is 5.84. The van der Waals surface area contributed by atoms with Crippen LogP contribution in [0.2, 0.25) is 0 Å². The summed E-state index contributed by atoms with van der Waals surface area (Å²) < 4.78 is 25.5. The lowest BCUT2D eigenvalue weighted by atomic mass is 10.2. The van der Waals surface area contributed by atoms with E-state index in [0.29, 0.717) is 5.75 Å². The van der Waals surface area contributed by atoms with Gasteiger partial charge in [0.1, 0.15) is 6.04 Å². The zero-order valence-electron chi connectivity index (χ0n) is 10.8. The summed E-state index contributed by atoms with van der Waals surface area (Å²) in [5.74, 6) is -0.540. The Morgan fingerprint density at radius 3 is 2.42 bits per heavy atom. The Hall–Kier alpha value is -1.05. The number of benzene rings is 1. The van der Waals surface area contributed by atoms with E-state index in [1.807, 2.05) is 6.26 Å². The van der Waals surface area contributed by atoms with Gasteiger partial charge in [-0.1, -0.05) is 18.2 Å². The third-order valence-corrected chi connectivity index (χ3v) is 5.26. The van der Waals surface area contributed by atoms with Crippen molar-refractivity contribution in [1.82, 2.24) is 4.31 Å². The molecule has 0 aliphatic heterocycles. The standard InChI is InChI=1S/C12H17NO4S2/c1-13(11(12(14)15)8-9-18-2)19(16,17)10-6-4-3-5-7-10/h3-7,11H,8-9H2,1-2H3,(H,14,15). The zero-order valence-corrected chi connectivity index (χ0v) is 12.4. The van der Waals surface area contributed by atoms with Crippen LogP contribution in [0.25, 0.3) is 0 Å². The number of carboxylic acids is 1. The molecule has 0 bridgehead atoms. The van der Waals surface area contributed by atoms with Gasteiger partial charge in [0, 0.05) is 7.05 Å². The molecule has 1 aromatic rings. The third-order valence-electron chi connectivity index (χ3n) is 2.74. The molecule has 1 unspecified atom stereocenters. The van der Waals surface area contributed by atoms with Crippen molar-refractivity contribution in [2.75, 3.05) is 19.1 Å². The highest BCUT2D eigenvalue weighted by Crippen LogP contribution is 2.18. The third kappa shape index (κ3) is 3.95. The molecule has 0 saturated heterocycles. The van der Waals surface area contributed by atoms with Gasteiger partial charge in [-0.3, -0.25) is 4.79 Å². The van der Waals surface area contributed by atoms with E-state index in [9.17, 15) is 13.2 Å². The molecule has 7 heteroatoms. The van der Waals surface area contributed by atoms with E-state index in [4.69, 9.17) is 5.11 Å². The lowest BCUT2D eigenvalue weighted by Gasteiger charge is -2.24. The number of carbonyl (C=O) groups is 1. The van der Waals surface area contributed by atoms with Crippen LogP contribution in [0.5, 0.6) is 0 Å². The molecule has 0 fully saturated rings.